The highest BCUT2D eigenvalue weighted by Crippen LogP contribution is 1.93. The predicted octanol–water partition coefficient (Wildman–Crippen LogP) is -0.724. The van der Waals surface area contributed by atoms with Crippen molar-refractivity contribution in [1.29, 1.82) is 0 Å². The van der Waals surface area contributed by atoms with Crippen LogP contribution in [0.4, 0.5) is 0 Å². The summed E-state index contributed by atoms with van der Waals surface area (Å²) < 4.78 is 0. The molecule has 3 nitrogen and oxygen atoms in total. The monoisotopic (exact) mass is 130 g/mol. The van der Waals surface area contributed by atoms with Gasteiger partial charge in [0.2, 0.25) is 0 Å². The molecule has 0 saturated carbocycles. The molecule has 1 fully saturated rings. The molecule has 9 heavy (non-hydrogen) atoms. The van der Waals surface area contributed by atoms with Gasteiger partial charge in [0, 0.05) is 19.1 Å². The van der Waals surface area contributed by atoms with E-state index in [0.29, 0.717) is 6.04 Å². The number of hydrogen-bond donors (Lipinski definition) is 3. The van der Waals surface area contributed by atoms with Crippen molar-refractivity contribution in [1.82, 2.24) is 10.6 Å². The van der Waals surface area contributed by atoms with Crippen molar-refractivity contribution in [3.63, 3.8) is 0 Å². The summed E-state index contributed by atoms with van der Waals surface area (Å²) in [5, 5.41) is 15.2. The van der Waals surface area contributed by atoms with Crippen molar-refractivity contribution in [2.45, 2.75) is 25.6 Å². The maximum absolute atomic E-state index is 9.05. The normalized spacial score (nSPS) is 23.3. The summed E-state index contributed by atoms with van der Waals surface area (Å²) in [5.41, 5.74) is 0. The van der Waals surface area contributed by atoms with E-state index < -0.39 is 0 Å². The van der Waals surface area contributed by atoms with Crippen molar-refractivity contribution in [2.75, 3.05) is 13.1 Å². The predicted molar refractivity (Wildman–Crippen MR) is 36.1 cm³/mol. The second-order valence-electron chi connectivity index (χ2n) is 2.45. The lowest BCUT2D eigenvalue weighted by Gasteiger charge is -2.30. The van der Waals surface area contributed by atoms with Crippen LogP contribution in [0.3, 0.4) is 0 Å². The summed E-state index contributed by atoms with van der Waals surface area (Å²) in [7, 11) is 0. The third kappa shape index (κ3) is 1.93. The zero-order chi connectivity index (χ0) is 6.69. The average Bonchev–Trinajstić information content (AvgIpc) is 1.78. The molecule has 3 heteroatoms. The molecule has 0 aromatic carbocycles. The molecule has 0 aromatic rings. The van der Waals surface area contributed by atoms with Crippen LogP contribution < -0.4 is 10.6 Å². The summed E-state index contributed by atoms with van der Waals surface area (Å²) in [6.45, 7) is 3.96. The van der Waals surface area contributed by atoms with E-state index >= 15 is 0 Å². The van der Waals surface area contributed by atoms with Crippen LogP contribution in [0.25, 0.3) is 0 Å². The summed E-state index contributed by atoms with van der Waals surface area (Å²) in [5.74, 6) is 0. The fraction of sp³-hybridized carbons (Fsp3) is 1.00. The average molecular weight is 130 g/mol. The molecule has 1 unspecified atom stereocenters. The van der Waals surface area contributed by atoms with E-state index in [0.717, 1.165) is 19.5 Å². The first kappa shape index (κ1) is 6.99. The maximum Gasteiger partial charge on any atom is 0.104 e. The molecule has 0 bridgehead atoms. The minimum atomic E-state index is -0.308. The van der Waals surface area contributed by atoms with Crippen LogP contribution in [0, 0.1) is 0 Å². The van der Waals surface area contributed by atoms with Crippen LogP contribution in [0.15, 0.2) is 0 Å². The largest absolute Gasteiger partial charge is 0.379 e. The Morgan fingerprint density at radius 1 is 1.78 bits per heavy atom. The minimum Gasteiger partial charge on any atom is -0.379 e. The van der Waals surface area contributed by atoms with Gasteiger partial charge in [0.1, 0.15) is 6.23 Å². The molecule has 1 saturated heterocycles. The lowest BCUT2D eigenvalue weighted by atomic mass is 10.2. The van der Waals surface area contributed by atoms with Crippen molar-refractivity contribution in [2.24, 2.45) is 0 Å². The van der Waals surface area contributed by atoms with Gasteiger partial charge in [-0.25, -0.2) is 0 Å². The van der Waals surface area contributed by atoms with Crippen molar-refractivity contribution in [3.05, 3.63) is 0 Å². The Hall–Kier alpha value is -0.120. The molecule has 1 atom stereocenters. The van der Waals surface area contributed by atoms with Gasteiger partial charge < -0.3 is 10.4 Å². The minimum absolute atomic E-state index is 0.308. The SMILES string of the molecule is CCC(O)NC1CNC1. The van der Waals surface area contributed by atoms with Crippen molar-refractivity contribution < 1.29 is 5.11 Å². The molecule has 3 N–H and O–H groups in total. The lowest BCUT2D eigenvalue weighted by molar-refractivity contribution is 0.106. The standard InChI is InChI=1S/C6H14N2O/c1-2-6(9)8-5-3-7-4-5/h5-9H,2-4H2,1H3. The van der Waals surface area contributed by atoms with E-state index in [9.17, 15) is 0 Å². The molecule has 54 valence electrons. The van der Waals surface area contributed by atoms with Gasteiger partial charge in [-0.05, 0) is 6.42 Å². The van der Waals surface area contributed by atoms with E-state index in [2.05, 4.69) is 10.6 Å². The van der Waals surface area contributed by atoms with Gasteiger partial charge in [-0.2, -0.15) is 0 Å². The third-order valence-corrected chi connectivity index (χ3v) is 1.60. The number of aliphatic hydroxyl groups is 1. The zero-order valence-electron chi connectivity index (χ0n) is 5.72. The van der Waals surface area contributed by atoms with E-state index in [4.69, 9.17) is 5.11 Å². The summed E-state index contributed by atoms with van der Waals surface area (Å²) in [4.78, 5) is 0. The summed E-state index contributed by atoms with van der Waals surface area (Å²) >= 11 is 0. The van der Waals surface area contributed by atoms with E-state index in [-0.39, 0.29) is 6.23 Å². The zero-order valence-corrected chi connectivity index (χ0v) is 5.72. The molecule has 0 aromatic heterocycles. The highest BCUT2D eigenvalue weighted by Gasteiger charge is 2.17. The Morgan fingerprint density at radius 2 is 2.44 bits per heavy atom. The van der Waals surface area contributed by atoms with Gasteiger partial charge in [0.15, 0.2) is 0 Å². The second kappa shape index (κ2) is 3.15. The third-order valence-electron chi connectivity index (χ3n) is 1.60. The first-order valence-corrected chi connectivity index (χ1v) is 3.47. The maximum atomic E-state index is 9.05. The van der Waals surface area contributed by atoms with E-state index in [1.165, 1.54) is 0 Å². The van der Waals surface area contributed by atoms with E-state index in [1.54, 1.807) is 0 Å². The highest BCUT2D eigenvalue weighted by molar-refractivity contribution is 4.81. The van der Waals surface area contributed by atoms with Gasteiger partial charge in [-0.1, -0.05) is 6.92 Å². The van der Waals surface area contributed by atoms with Crippen molar-refractivity contribution >= 4 is 0 Å². The molecule has 0 amide bonds. The molecule has 1 rings (SSSR count). The summed E-state index contributed by atoms with van der Waals surface area (Å²) in [6, 6.07) is 0.500. The fourth-order valence-electron chi connectivity index (χ4n) is 0.796. The number of hydrogen-bond acceptors (Lipinski definition) is 3. The first-order valence-electron chi connectivity index (χ1n) is 3.47. The molecule has 0 aliphatic carbocycles. The van der Waals surface area contributed by atoms with Crippen LogP contribution in [0.5, 0.6) is 0 Å². The molecule has 0 radical (unpaired) electrons. The van der Waals surface area contributed by atoms with Gasteiger partial charge >= 0.3 is 0 Å². The molecule has 0 spiro atoms. The smallest absolute Gasteiger partial charge is 0.104 e. The second-order valence-corrected chi connectivity index (χ2v) is 2.45. The first-order chi connectivity index (χ1) is 4.33. The topological polar surface area (TPSA) is 44.3 Å². The van der Waals surface area contributed by atoms with Crippen LogP contribution >= 0.6 is 0 Å². The summed E-state index contributed by atoms with van der Waals surface area (Å²) in [6.07, 6.45) is 0.480. The lowest BCUT2D eigenvalue weighted by Crippen LogP contribution is -2.57. The Morgan fingerprint density at radius 3 is 2.78 bits per heavy atom. The van der Waals surface area contributed by atoms with E-state index in [1.807, 2.05) is 6.92 Å². The number of rotatable bonds is 3. The van der Waals surface area contributed by atoms with Crippen LogP contribution in [-0.4, -0.2) is 30.5 Å². The molecular formula is C6H14N2O. The Balaban J connectivity index is 2.01. The molecule has 1 heterocycles. The number of nitrogens with one attached hydrogen (secondary N) is 2. The molecular weight excluding hydrogens is 116 g/mol. The molecule has 1 aliphatic rings. The number of aliphatic hydroxyl groups excluding tert-OH is 1. The van der Waals surface area contributed by atoms with Crippen molar-refractivity contribution in [3.8, 4) is 0 Å². The van der Waals surface area contributed by atoms with Gasteiger partial charge in [0.05, 0.1) is 0 Å². The quantitative estimate of drug-likeness (QED) is 0.442. The fourth-order valence-corrected chi connectivity index (χ4v) is 0.796. The van der Waals surface area contributed by atoms with Gasteiger partial charge in [-0.3, -0.25) is 5.32 Å². The van der Waals surface area contributed by atoms with Crippen LogP contribution in [-0.2, 0) is 0 Å². The van der Waals surface area contributed by atoms with Gasteiger partial charge in [-0.15, -0.1) is 0 Å². The molecule has 1 aliphatic heterocycles. The van der Waals surface area contributed by atoms with Gasteiger partial charge in [0.25, 0.3) is 0 Å². The van der Waals surface area contributed by atoms with Crippen LogP contribution in [0.1, 0.15) is 13.3 Å². The highest BCUT2D eigenvalue weighted by atomic mass is 16.3. The van der Waals surface area contributed by atoms with Crippen LogP contribution in [0.2, 0.25) is 0 Å². The Bertz CT molecular complexity index is 80.4. The Kier molecular flexibility index (Phi) is 2.45. The Labute approximate surface area is 55.5 Å².